The molecule has 0 spiro atoms. The molecule has 0 unspecified atom stereocenters. The topological polar surface area (TPSA) is 17.1 Å². The number of ketones is 1. The molecule has 0 fully saturated rings. The van der Waals surface area contributed by atoms with Gasteiger partial charge in [-0.25, -0.2) is 0 Å². The van der Waals surface area contributed by atoms with Crippen LogP contribution in [-0.2, 0) is 0 Å². The van der Waals surface area contributed by atoms with Crippen LogP contribution in [-0.4, -0.2) is 5.78 Å². The van der Waals surface area contributed by atoms with E-state index in [1.807, 2.05) is 33.8 Å². The van der Waals surface area contributed by atoms with Crippen molar-refractivity contribution in [2.24, 2.45) is 5.41 Å². The molecular formula is C11H16ClOSTh-. The van der Waals surface area contributed by atoms with E-state index in [4.69, 9.17) is 11.6 Å². The SMILES string of the molecule is Cc1cc(Cl)c(C(=O)C(C)(C)C)s1.[CH3-].[Th]. The molecule has 0 N–H and O–H groups in total. The summed E-state index contributed by atoms with van der Waals surface area (Å²) in [7, 11) is 0. The van der Waals surface area contributed by atoms with Crippen LogP contribution in [0.2, 0.25) is 5.02 Å². The predicted octanol–water partition coefficient (Wildman–Crippen LogP) is 4.39. The monoisotopic (exact) mass is 463 g/mol. The summed E-state index contributed by atoms with van der Waals surface area (Å²) < 4.78 is 0. The molecule has 84 valence electrons. The fraction of sp³-hybridized carbons (Fsp3) is 0.455. The average molecular weight is 464 g/mol. The summed E-state index contributed by atoms with van der Waals surface area (Å²) in [6.45, 7) is 7.66. The van der Waals surface area contributed by atoms with Gasteiger partial charge in [0.25, 0.3) is 0 Å². The van der Waals surface area contributed by atoms with Crippen molar-refractivity contribution >= 4 is 28.7 Å². The van der Waals surface area contributed by atoms with Gasteiger partial charge in [0, 0.05) is 50.2 Å². The number of carbonyl (C=O) groups is 1. The molecule has 0 radical (unpaired) electrons. The maximum atomic E-state index is 11.8. The molecule has 15 heavy (non-hydrogen) atoms. The second-order valence-corrected chi connectivity index (χ2v) is 5.78. The van der Waals surface area contributed by atoms with Crippen molar-refractivity contribution in [1.29, 1.82) is 0 Å². The van der Waals surface area contributed by atoms with Crippen LogP contribution in [0.25, 0.3) is 0 Å². The molecule has 0 atom stereocenters. The number of halogens is 1. The molecule has 0 aliphatic rings. The molecule has 0 aliphatic heterocycles. The number of hydrogen-bond donors (Lipinski definition) is 0. The Bertz CT molecular complexity index is 339. The summed E-state index contributed by atoms with van der Waals surface area (Å²) in [5.41, 5.74) is -0.346. The quantitative estimate of drug-likeness (QED) is 0.446. The van der Waals surface area contributed by atoms with Gasteiger partial charge in [0.05, 0.1) is 9.90 Å². The van der Waals surface area contributed by atoms with Crippen LogP contribution in [0.5, 0.6) is 0 Å². The molecule has 0 aromatic carbocycles. The van der Waals surface area contributed by atoms with Gasteiger partial charge in [-0.1, -0.05) is 32.4 Å². The fourth-order valence-electron chi connectivity index (χ4n) is 0.979. The fourth-order valence-corrected chi connectivity index (χ4v) is 2.46. The summed E-state index contributed by atoms with van der Waals surface area (Å²) in [5.74, 6) is 0.121. The maximum Gasteiger partial charge on any atom is 0.179 e. The summed E-state index contributed by atoms with van der Waals surface area (Å²) in [6, 6.07) is 1.84. The Morgan fingerprint density at radius 2 is 1.87 bits per heavy atom. The third-order valence-corrected chi connectivity index (χ3v) is 3.16. The van der Waals surface area contributed by atoms with Crippen molar-refractivity contribution in [2.45, 2.75) is 27.7 Å². The van der Waals surface area contributed by atoms with Gasteiger partial charge in [0.1, 0.15) is 0 Å². The van der Waals surface area contributed by atoms with Crippen molar-refractivity contribution in [1.82, 2.24) is 0 Å². The Labute approximate surface area is 133 Å². The number of Topliss-reactive ketones (excluding diaryl/α,β-unsaturated/α-hetero) is 1. The smallest absolute Gasteiger partial charge is 0.179 e. The van der Waals surface area contributed by atoms with Crippen LogP contribution >= 0.6 is 22.9 Å². The summed E-state index contributed by atoms with van der Waals surface area (Å²) >= 11 is 7.40. The average Bonchev–Trinajstić information content (AvgIpc) is 2.26. The minimum atomic E-state index is -0.346. The van der Waals surface area contributed by atoms with Crippen LogP contribution in [0.3, 0.4) is 0 Å². The van der Waals surface area contributed by atoms with Gasteiger partial charge >= 0.3 is 0 Å². The zero-order valence-electron chi connectivity index (χ0n) is 9.77. The number of hydrogen-bond acceptors (Lipinski definition) is 2. The van der Waals surface area contributed by atoms with E-state index in [1.54, 1.807) is 0 Å². The van der Waals surface area contributed by atoms with Gasteiger partial charge < -0.3 is 7.43 Å². The first kappa shape index (κ1) is 18.4. The van der Waals surface area contributed by atoms with Crippen LogP contribution in [0.4, 0.5) is 0 Å². The Kier molecular flexibility index (Phi) is 8.14. The molecule has 1 aromatic heterocycles. The molecule has 4 heteroatoms. The number of thiophene rings is 1. The molecule has 0 bridgehead atoms. The molecule has 0 saturated heterocycles. The predicted molar refractivity (Wildman–Crippen MR) is 64.3 cm³/mol. The largest absolute Gasteiger partial charge is 0.358 e. The van der Waals surface area contributed by atoms with Crippen molar-refractivity contribution < 1.29 is 44.7 Å². The van der Waals surface area contributed by atoms with Crippen molar-refractivity contribution in [2.75, 3.05) is 0 Å². The van der Waals surface area contributed by atoms with E-state index in [9.17, 15) is 4.79 Å². The molecule has 0 amide bonds. The first-order chi connectivity index (χ1) is 5.82. The molecule has 0 saturated carbocycles. The van der Waals surface area contributed by atoms with Crippen molar-refractivity contribution in [3.8, 4) is 0 Å². The second-order valence-electron chi connectivity index (χ2n) is 4.11. The van der Waals surface area contributed by atoms with Gasteiger partial charge in [-0.05, 0) is 13.0 Å². The van der Waals surface area contributed by atoms with E-state index in [0.717, 1.165) is 4.88 Å². The van der Waals surface area contributed by atoms with Gasteiger partial charge in [-0.2, -0.15) is 0 Å². The second kappa shape index (κ2) is 6.65. The summed E-state index contributed by atoms with van der Waals surface area (Å²) in [5, 5.41) is 0.586. The van der Waals surface area contributed by atoms with Crippen LogP contribution in [0.15, 0.2) is 6.07 Å². The normalized spacial score (nSPS) is 10.2. The third kappa shape index (κ3) is 4.78. The standard InChI is InChI=1S/C10H13ClOS.CH3.Th/c1-6-5-7(11)8(13-6)9(12)10(2,3)4;;/h5H,1-4H3;1H3;/q;-1;. The Morgan fingerprint density at radius 1 is 1.40 bits per heavy atom. The molecular weight excluding hydrogens is 448 g/mol. The minimum Gasteiger partial charge on any atom is -0.358 e. The first-order valence-electron chi connectivity index (χ1n) is 4.13. The Hall–Kier alpha value is 0.985. The van der Waals surface area contributed by atoms with Crippen molar-refractivity contribution in [3.63, 3.8) is 0 Å². The number of carbonyl (C=O) groups excluding carboxylic acids is 1. The minimum absolute atomic E-state index is 0. The molecule has 1 heterocycles. The molecule has 0 aliphatic carbocycles. The van der Waals surface area contributed by atoms with Crippen LogP contribution < -0.4 is 0 Å². The van der Waals surface area contributed by atoms with Gasteiger partial charge in [0.15, 0.2) is 5.78 Å². The summed E-state index contributed by atoms with van der Waals surface area (Å²) in [6.07, 6.45) is 0. The number of rotatable bonds is 1. The van der Waals surface area contributed by atoms with E-state index in [-0.39, 0.29) is 58.6 Å². The third-order valence-electron chi connectivity index (χ3n) is 1.70. The van der Waals surface area contributed by atoms with Crippen LogP contribution in [0.1, 0.15) is 35.3 Å². The van der Waals surface area contributed by atoms with E-state index >= 15 is 0 Å². The van der Waals surface area contributed by atoms with Crippen LogP contribution in [0, 0.1) is 59.7 Å². The Balaban J connectivity index is 0. The summed E-state index contributed by atoms with van der Waals surface area (Å²) in [4.78, 5) is 13.6. The van der Waals surface area contributed by atoms with E-state index in [0.29, 0.717) is 9.90 Å². The van der Waals surface area contributed by atoms with E-state index < -0.39 is 0 Å². The number of aryl methyl sites for hydroxylation is 1. The zero-order valence-corrected chi connectivity index (χ0v) is 15.5. The van der Waals surface area contributed by atoms with E-state index in [2.05, 4.69) is 0 Å². The maximum absolute atomic E-state index is 11.8. The van der Waals surface area contributed by atoms with Crippen molar-refractivity contribution in [3.05, 3.63) is 28.3 Å². The van der Waals surface area contributed by atoms with Gasteiger partial charge in [-0.3, -0.25) is 4.79 Å². The molecule has 1 rings (SSSR count). The first-order valence-corrected chi connectivity index (χ1v) is 5.32. The van der Waals surface area contributed by atoms with Gasteiger partial charge in [-0.15, -0.1) is 11.3 Å². The Morgan fingerprint density at radius 3 is 2.13 bits per heavy atom. The van der Waals surface area contributed by atoms with Gasteiger partial charge in [0.2, 0.25) is 0 Å². The zero-order chi connectivity index (χ0) is 10.2. The van der Waals surface area contributed by atoms with E-state index in [1.165, 1.54) is 11.3 Å². The molecule has 1 nitrogen and oxygen atoms in total. The molecule has 1 aromatic rings.